The fourth-order valence-corrected chi connectivity index (χ4v) is 3.48. The summed E-state index contributed by atoms with van der Waals surface area (Å²) in [5.74, 6) is 1.27. The minimum absolute atomic E-state index is 0.175. The van der Waals surface area contributed by atoms with Gasteiger partial charge in [0.05, 0.1) is 6.54 Å². The summed E-state index contributed by atoms with van der Waals surface area (Å²) >= 11 is 7.80. The summed E-state index contributed by atoms with van der Waals surface area (Å²) in [6.07, 6.45) is 0. The highest BCUT2D eigenvalue weighted by atomic mass is 35.5. The Bertz CT molecular complexity index is 430. The van der Waals surface area contributed by atoms with Crippen LogP contribution in [-0.2, 0) is 0 Å². The first-order valence-corrected chi connectivity index (χ1v) is 7.48. The maximum atomic E-state index is 12.1. The number of halogens is 1. The lowest BCUT2D eigenvalue weighted by atomic mass is 10.1. The largest absolute Gasteiger partial charge is 0.294 e. The van der Waals surface area contributed by atoms with Gasteiger partial charge in [0.1, 0.15) is 0 Å². The molecule has 0 unspecified atom stereocenters. The number of carbonyl (C=O) groups excluding carboxylic acids is 1. The maximum absolute atomic E-state index is 12.1. The van der Waals surface area contributed by atoms with Gasteiger partial charge in [-0.1, -0.05) is 11.6 Å². The fraction of sp³-hybridized carbons (Fsp3) is 0.500. The number of nitrogens with zero attached hydrogens (tertiary/aromatic N) is 1. The molecule has 0 aliphatic carbocycles. The first-order valence-electron chi connectivity index (χ1n) is 6.11. The third-order valence-corrected chi connectivity index (χ3v) is 4.59. The number of carbonyl (C=O) groups is 1. The van der Waals surface area contributed by atoms with Crippen LogP contribution in [-0.4, -0.2) is 40.8 Å². The number of benzene rings is 1. The predicted molar refractivity (Wildman–Crippen MR) is 78.8 cm³/mol. The first-order chi connectivity index (χ1) is 8.46. The highest BCUT2D eigenvalue weighted by Gasteiger charge is 2.27. The Morgan fingerprint density at radius 1 is 1.39 bits per heavy atom. The predicted octanol–water partition coefficient (Wildman–Crippen LogP) is 3.35. The molecule has 0 aromatic heterocycles. The van der Waals surface area contributed by atoms with Gasteiger partial charge in [-0.3, -0.25) is 9.69 Å². The van der Waals surface area contributed by atoms with Gasteiger partial charge in [-0.25, -0.2) is 0 Å². The normalized spacial score (nSPS) is 19.7. The molecule has 1 aromatic rings. The van der Waals surface area contributed by atoms with Crippen LogP contribution in [0.25, 0.3) is 0 Å². The number of thioether (sulfide) groups is 1. The van der Waals surface area contributed by atoms with E-state index in [1.54, 1.807) is 24.3 Å². The van der Waals surface area contributed by atoms with E-state index < -0.39 is 0 Å². The van der Waals surface area contributed by atoms with Crippen molar-refractivity contribution in [2.75, 3.05) is 25.4 Å². The molecule has 0 amide bonds. The summed E-state index contributed by atoms with van der Waals surface area (Å²) in [6, 6.07) is 7.14. The maximum Gasteiger partial charge on any atom is 0.176 e. The van der Waals surface area contributed by atoms with Crippen LogP contribution in [0.15, 0.2) is 24.3 Å². The molecule has 18 heavy (non-hydrogen) atoms. The van der Waals surface area contributed by atoms with Gasteiger partial charge < -0.3 is 0 Å². The minimum atomic E-state index is 0.175. The summed E-state index contributed by atoms with van der Waals surface area (Å²) in [7, 11) is 0. The molecule has 0 bridgehead atoms. The highest BCUT2D eigenvalue weighted by Crippen LogP contribution is 2.29. The van der Waals surface area contributed by atoms with E-state index in [0.717, 1.165) is 24.4 Å². The Morgan fingerprint density at radius 3 is 2.67 bits per heavy atom. The molecule has 0 spiro atoms. The standard InChI is InChI=1S/C14H18ClNOS/c1-14(2)10-16(7-8-18-14)9-13(17)11-3-5-12(15)6-4-11/h3-6H,7-10H2,1-2H3. The van der Waals surface area contributed by atoms with Crippen LogP contribution >= 0.6 is 23.4 Å². The molecule has 1 saturated heterocycles. The Morgan fingerprint density at radius 2 is 2.06 bits per heavy atom. The highest BCUT2D eigenvalue weighted by molar-refractivity contribution is 8.00. The van der Waals surface area contributed by atoms with Crippen LogP contribution in [0.2, 0.25) is 5.02 Å². The van der Waals surface area contributed by atoms with E-state index in [1.807, 2.05) is 11.8 Å². The van der Waals surface area contributed by atoms with Crippen LogP contribution in [0, 0.1) is 0 Å². The molecule has 98 valence electrons. The van der Waals surface area contributed by atoms with Crippen molar-refractivity contribution in [3.05, 3.63) is 34.9 Å². The van der Waals surface area contributed by atoms with Crippen molar-refractivity contribution in [3.63, 3.8) is 0 Å². The molecule has 1 aromatic carbocycles. The molecule has 1 fully saturated rings. The molecule has 0 radical (unpaired) electrons. The molecule has 2 rings (SSSR count). The number of hydrogen-bond donors (Lipinski definition) is 0. The number of ketones is 1. The summed E-state index contributed by atoms with van der Waals surface area (Å²) in [4.78, 5) is 14.4. The van der Waals surface area contributed by atoms with Crippen molar-refractivity contribution in [3.8, 4) is 0 Å². The number of rotatable bonds is 3. The molecule has 1 aliphatic heterocycles. The molecule has 2 nitrogen and oxygen atoms in total. The molecule has 0 N–H and O–H groups in total. The van der Waals surface area contributed by atoms with Crippen molar-refractivity contribution < 1.29 is 4.79 Å². The van der Waals surface area contributed by atoms with Gasteiger partial charge in [-0.2, -0.15) is 11.8 Å². The van der Waals surface area contributed by atoms with E-state index in [1.165, 1.54) is 0 Å². The van der Waals surface area contributed by atoms with Crippen LogP contribution in [0.3, 0.4) is 0 Å². The molecule has 0 saturated carbocycles. The van der Waals surface area contributed by atoms with Gasteiger partial charge in [0.15, 0.2) is 5.78 Å². The Labute approximate surface area is 118 Å². The van der Waals surface area contributed by atoms with Gasteiger partial charge in [0.2, 0.25) is 0 Å². The zero-order valence-corrected chi connectivity index (χ0v) is 12.4. The first kappa shape index (κ1) is 13.9. The lowest BCUT2D eigenvalue weighted by molar-refractivity contribution is 0.0927. The van der Waals surface area contributed by atoms with Crippen molar-refractivity contribution in [2.24, 2.45) is 0 Å². The van der Waals surface area contributed by atoms with E-state index in [2.05, 4.69) is 18.7 Å². The summed E-state index contributed by atoms with van der Waals surface area (Å²) in [5, 5.41) is 0.669. The molecular weight excluding hydrogens is 266 g/mol. The molecule has 0 atom stereocenters. The second-order valence-electron chi connectivity index (χ2n) is 5.25. The second-order valence-corrected chi connectivity index (χ2v) is 7.49. The zero-order valence-electron chi connectivity index (χ0n) is 10.8. The second kappa shape index (κ2) is 5.64. The molecular formula is C14H18ClNOS. The van der Waals surface area contributed by atoms with E-state index in [0.29, 0.717) is 11.6 Å². The molecule has 4 heteroatoms. The Kier molecular flexibility index (Phi) is 4.36. The lowest BCUT2D eigenvalue weighted by Gasteiger charge is -2.37. The van der Waals surface area contributed by atoms with Gasteiger partial charge in [-0.05, 0) is 38.1 Å². The van der Waals surface area contributed by atoms with Gasteiger partial charge in [0.25, 0.3) is 0 Å². The van der Waals surface area contributed by atoms with Crippen LogP contribution in [0.1, 0.15) is 24.2 Å². The Hall–Kier alpha value is -0.510. The van der Waals surface area contributed by atoms with Crippen molar-refractivity contribution >= 4 is 29.1 Å². The smallest absolute Gasteiger partial charge is 0.176 e. The summed E-state index contributed by atoms with van der Waals surface area (Å²) < 4.78 is 0.249. The van der Waals surface area contributed by atoms with Crippen molar-refractivity contribution in [1.82, 2.24) is 4.90 Å². The van der Waals surface area contributed by atoms with E-state index in [9.17, 15) is 4.79 Å². The molecule has 1 aliphatic rings. The van der Waals surface area contributed by atoms with E-state index in [4.69, 9.17) is 11.6 Å². The van der Waals surface area contributed by atoms with Crippen LogP contribution in [0.5, 0.6) is 0 Å². The monoisotopic (exact) mass is 283 g/mol. The number of hydrogen-bond acceptors (Lipinski definition) is 3. The van der Waals surface area contributed by atoms with Crippen LogP contribution in [0.4, 0.5) is 0 Å². The SMILES string of the molecule is CC1(C)CN(CC(=O)c2ccc(Cl)cc2)CCS1. The fourth-order valence-electron chi connectivity index (χ4n) is 2.18. The van der Waals surface area contributed by atoms with Crippen molar-refractivity contribution in [2.45, 2.75) is 18.6 Å². The zero-order chi connectivity index (χ0) is 13.2. The van der Waals surface area contributed by atoms with E-state index >= 15 is 0 Å². The van der Waals surface area contributed by atoms with E-state index in [-0.39, 0.29) is 10.5 Å². The summed E-state index contributed by atoms with van der Waals surface area (Å²) in [6.45, 7) is 6.93. The van der Waals surface area contributed by atoms with Crippen molar-refractivity contribution in [1.29, 1.82) is 0 Å². The average Bonchev–Trinajstić information content (AvgIpc) is 2.28. The van der Waals surface area contributed by atoms with Gasteiger partial charge in [0, 0.05) is 34.2 Å². The lowest BCUT2D eigenvalue weighted by Crippen LogP contribution is -2.45. The third-order valence-electron chi connectivity index (χ3n) is 3.04. The summed E-state index contributed by atoms with van der Waals surface area (Å²) in [5.41, 5.74) is 0.746. The Balaban J connectivity index is 1.97. The van der Waals surface area contributed by atoms with Crippen LogP contribution < -0.4 is 0 Å². The average molecular weight is 284 g/mol. The van der Waals surface area contributed by atoms with Gasteiger partial charge >= 0.3 is 0 Å². The third kappa shape index (κ3) is 3.74. The molecule has 1 heterocycles. The van der Waals surface area contributed by atoms with Gasteiger partial charge in [-0.15, -0.1) is 0 Å². The minimum Gasteiger partial charge on any atom is -0.294 e. The topological polar surface area (TPSA) is 20.3 Å². The quantitative estimate of drug-likeness (QED) is 0.794. The number of Topliss-reactive ketones (excluding diaryl/α,β-unsaturated/α-hetero) is 1.